The van der Waals surface area contributed by atoms with Gasteiger partial charge in [0.15, 0.2) is 5.65 Å². The van der Waals surface area contributed by atoms with Crippen molar-refractivity contribution in [3.8, 4) is 11.4 Å². The standard InChI is InChI=1S/C41H24N6/c1-3-10-25(11-4-1)45-34-15-8-7-14-27(34)29-17-18-30-32-22-33-31(23-36(32)46(39(30)38(29)45)26-12-5-2-6-13-26)28-19-21-42-24-37(28)47-35-16-9-20-43-40(35)44-41(33)47/h1-24H. The summed E-state index contributed by atoms with van der Waals surface area (Å²) >= 11 is 0. The van der Waals surface area contributed by atoms with Crippen LogP contribution < -0.4 is 0 Å². The van der Waals surface area contributed by atoms with Gasteiger partial charge in [-0.05, 0) is 66.0 Å². The van der Waals surface area contributed by atoms with Gasteiger partial charge in [-0.2, -0.15) is 0 Å². The predicted octanol–water partition coefficient (Wildman–Crippen LogP) is 9.78. The molecule has 0 atom stereocenters. The van der Waals surface area contributed by atoms with Crippen molar-refractivity contribution in [2.75, 3.05) is 0 Å². The Morgan fingerprint density at radius 2 is 1.09 bits per heavy atom. The number of para-hydroxylation sites is 3. The highest BCUT2D eigenvalue weighted by molar-refractivity contribution is 6.27. The number of hydrogen-bond donors (Lipinski definition) is 0. The smallest absolute Gasteiger partial charge is 0.178 e. The van der Waals surface area contributed by atoms with Crippen LogP contribution in [-0.4, -0.2) is 28.5 Å². The number of fused-ring (bicyclic) bond motifs is 15. The minimum absolute atomic E-state index is 0.728. The molecule has 0 aliphatic heterocycles. The van der Waals surface area contributed by atoms with E-state index in [-0.39, 0.29) is 0 Å². The molecule has 0 bridgehead atoms. The van der Waals surface area contributed by atoms with Gasteiger partial charge in [-0.15, -0.1) is 0 Å². The van der Waals surface area contributed by atoms with Gasteiger partial charge in [0.25, 0.3) is 0 Å². The van der Waals surface area contributed by atoms with Crippen molar-refractivity contribution >= 4 is 82.1 Å². The molecule has 6 nitrogen and oxygen atoms in total. The summed E-state index contributed by atoms with van der Waals surface area (Å²) in [6.45, 7) is 0. The van der Waals surface area contributed by atoms with E-state index in [0.717, 1.165) is 55.4 Å². The first-order valence-electron chi connectivity index (χ1n) is 15.8. The topological polar surface area (TPSA) is 52.9 Å². The van der Waals surface area contributed by atoms with E-state index in [1.54, 1.807) is 6.20 Å². The molecular formula is C41H24N6. The van der Waals surface area contributed by atoms with Crippen LogP contribution in [0.5, 0.6) is 0 Å². The third-order valence-electron chi connectivity index (χ3n) is 9.73. The number of nitrogens with zero attached hydrogens (tertiary/aromatic N) is 6. The first kappa shape index (κ1) is 24.8. The van der Waals surface area contributed by atoms with E-state index in [2.05, 4.69) is 145 Å². The number of hydrogen-bond acceptors (Lipinski definition) is 3. The lowest BCUT2D eigenvalue weighted by atomic mass is 10.0. The summed E-state index contributed by atoms with van der Waals surface area (Å²) in [6, 6.07) is 45.6. The van der Waals surface area contributed by atoms with E-state index < -0.39 is 0 Å². The lowest BCUT2D eigenvalue weighted by Gasteiger charge is -2.13. The van der Waals surface area contributed by atoms with Crippen LogP contribution >= 0.6 is 0 Å². The zero-order valence-electron chi connectivity index (χ0n) is 25.0. The predicted molar refractivity (Wildman–Crippen MR) is 192 cm³/mol. The van der Waals surface area contributed by atoms with Crippen molar-refractivity contribution < 1.29 is 0 Å². The largest absolute Gasteiger partial charge is 0.307 e. The summed E-state index contributed by atoms with van der Waals surface area (Å²) < 4.78 is 7.09. The zero-order valence-corrected chi connectivity index (χ0v) is 25.0. The molecule has 0 spiro atoms. The fourth-order valence-corrected chi connectivity index (χ4v) is 7.82. The maximum atomic E-state index is 5.09. The summed E-state index contributed by atoms with van der Waals surface area (Å²) in [5.41, 5.74) is 10.6. The van der Waals surface area contributed by atoms with Gasteiger partial charge in [0.2, 0.25) is 0 Å². The Balaban J connectivity index is 1.42. The van der Waals surface area contributed by atoms with Crippen LogP contribution in [0.2, 0.25) is 0 Å². The van der Waals surface area contributed by atoms with Crippen molar-refractivity contribution in [2.24, 2.45) is 0 Å². The zero-order chi connectivity index (χ0) is 30.6. The van der Waals surface area contributed by atoms with Gasteiger partial charge in [-0.1, -0.05) is 66.7 Å². The Morgan fingerprint density at radius 1 is 0.426 bits per heavy atom. The second-order valence-corrected chi connectivity index (χ2v) is 12.1. The molecule has 0 radical (unpaired) electrons. The molecule has 0 aliphatic carbocycles. The second-order valence-electron chi connectivity index (χ2n) is 12.1. The molecular weight excluding hydrogens is 576 g/mol. The minimum atomic E-state index is 0.728. The summed E-state index contributed by atoms with van der Waals surface area (Å²) in [5, 5.41) is 8.19. The summed E-state index contributed by atoms with van der Waals surface area (Å²) in [5.74, 6) is 0. The first-order valence-corrected chi connectivity index (χ1v) is 15.8. The van der Waals surface area contributed by atoms with E-state index >= 15 is 0 Å². The Kier molecular flexibility index (Phi) is 4.75. The van der Waals surface area contributed by atoms with Gasteiger partial charge < -0.3 is 9.13 Å². The van der Waals surface area contributed by atoms with Gasteiger partial charge in [0.05, 0.1) is 39.3 Å². The van der Waals surface area contributed by atoms with E-state index in [4.69, 9.17) is 4.98 Å². The molecule has 0 fully saturated rings. The van der Waals surface area contributed by atoms with E-state index in [0.29, 0.717) is 0 Å². The maximum Gasteiger partial charge on any atom is 0.178 e. The molecule has 0 saturated heterocycles. The Morgan fingerprint density at radius 3 is 1.87 bits per heavy atom. The van der Waals surface area contributed by atoms with Gasteiger partial charge in [-0.25, -0.2) is 9.97 Å². The van der Waals surface area contributed by atoms with Gasteiger partial charge in [0, 0.05) is 56.1 Å². The van der Waals surface area contributed by atoms with Gasteiger partial charge in [0.1, 0.15) is 5.65 Å². The molecule has 0 aliphatic rings. The molecule has 11 aromatic rings. The number of benzene rings is 5. The summed E-state index contributed by atoms with van der Waals surface area (Å²) in [7, 11) is 0. The Labute approximate surface area is 267 Å². The molecule has 0 saturated carbocycles. The molecule has 6 heteroatoms. The second kappa shape index (κ2) is 9.02. The highest BCUT2D eigenvalue weighted by Gasteiger charge is 2.23. The number of pyridine rings is 3. The maximum absolute atomic E-state index is 5.09. The third kappa shape index (κ3) is 3.21. The van der Waals surface area contributed by atoms with Crippen LogP contribution in [-0.2, 0) is 0 Å². The molecule has 11 rings (SSSR count). The Hall–Kier alpha value is -6.53. The monoisotopic (exact) mass is 600 g/mol. The quantitative estimate of drug-likeness (QED) is 0.186. The summed E-state index contributed by atoms with van der Waals surface area (Å²) in [4.78, 5) is 14.2. The number of imidazole rings is 1. The van der Waals surface area contributed by atoms with E-state index in [1.165, 1.54) is 38.1 Å². The fourth-order valence-electron chi connectivity index (χ4n) is 7.82. The molecule has 0 N–H and O–H groups in total. The van der Waals surface area contributed by atoms with Crippen molar-refractivity contribution in [1.82, 2.24) is 28.5 Å². The van der Waals surface area contributed by atoms with E-state index in [9.17, 15) is 0 Å². The lowest BCUT2D eigenvalue weighted by Crippen LogP contribution is -1.98. The van der Waals surface area contributed by atoms with Crippen molar-refractivity contribution in [1.29, 1.82) is 0 Å². The van der Waals surface area contributed by atoms with Gasteiger partial charge >= 0.3 is 0 Å². The highest BCUT2D eigenvalue weighted by atomic mass is 15.1. The van der Waals surface area contributed by atoms with Crippen LogP contribution in [0.1, 0.15) is 0 Å². The average Bonchev–Trinajstić information content (AvgIpc) is 3.80. The molecule has 0 unspecified atom stereocenters. The number of rotatable bonds is 2. The van der Waals surface area contributed by atoms with Crippen molar-refractivity contribution in [2.45, 2.75) is 0 Å². The van der Waals surface area contributed by atoms with Crippen molar-refractivity contribution in [3.05, 3.63) is 146 Å². The van der Waals surface area contributed by atoms with Crippen LogP contribution in [0.15, 0.2) is 146 Å². The van der Waals surface area contributed by atoms with E-state index in [1.807, 2.05) is 18.5 Å². The molecule has 218 valence electrons. The SMILES string of the molecule is c1ccc(-n2c3ccccc3c3ccc4c5cc6c(cc5n(-c5ccccc5)c4c32)c2ccncc2n2c3cccnc3nc62)cc1. The normalized spacial score (nSPS) is 12.3. The van der Waals surface area contributed by atoms with Crippen LogP contribution in [0.3, 0.4) is 0 Å². The average molecular weight is 601 g/mol. The summed E-state index contributed by atoms with van der Waals surface area (Å²) in [6.07, 6.45) is 5.62. The molecule has 47 heavy (non-hydrogen) atoms. The fraction of sp³-hybridized carbons (Fsp3) is 0. The highest BCUT2D eigenvalue weighted by Crippen LogP contribution is 2.44. The van der Waals surface area contributed by atoms with Crippen LogP contribution in [0, 0.1) is 0 Å². The Bertz CT molecular complexity index is 3060. The molecule has 6 heterocycles. The molecule has 0 amide bonds. The number of aromatic nitrogens is 6. The van der Waals surface area contributed by atoms with Gasteiger partial charge in [-0.3, -0.25) is 9.38 Å². The van der Waals surface area contributed by atoms with Crippen LogP contribution in [0.4, 0.5) is 0 Å². The van der Waals surface area contributed by atoms with Crippen molar-refractivity contribution in [3.63, 3.8) is 0 Å². The third-order valence-corrected chi connectivity index (χ3v) is 9.73. The van der Waals surface area contributed by atoms with Crippen LogP contribution in [0.25, 0.3) is 93.5 Å². The lowest BCUT2D eigenvalue weighted by molar-refractivity contribution is 1.15. The minimum Gasteiger partial charge on any atom is -0.307 e. The first-order chi connectivity index (χ1) is 23.3. The molecule has 5 aromatic carbocycles. The molecule has 6 aromatic heterocycles.